The summed E-state index contributed by atoms with van der Waals surface area (Å²) in [6, 6.07) is -5.41. The molecule has 9 heterocycles. The average molecular weight is 1760 g/mol. The normalized spacial score (nSPS) is 47.5. The van der Waals surface area contributed by atoms with Crippen LogP contribution in [0, 0.1) is 0 Å². The molecule has 0 radical (unpaired) electrons. The summed E-state index contributed by atoms with van der Waals surface area (Å²) in [5.74, 6) is -13.4. The van der Waals surface area contributed by atoms with Crippen LogP contribution in [0.15, 0.2) is 0 Å². The number of carboxylic acid groups (broad SMARTS) is 2. The molecule has 3 amide bonds. The first-order chi connectivity index (χ1) is 56.4. The smallest absolute Gasteiger partial charge is 0.364 e. The summed E-state index contributed by atoms with van der Waals surface area (Å²) in [5.41, 5.74) is 0. The van der Waals surface area contributed by atoms with Crippen molar-refractivity contribution in [1.29, 1.82) is 0 Å². The second-order valence-electron chi connectivity index (χ2n) is 30.3. The zero-order chi connectivity index (χ0) is 89.1. The Hall–Kier alpha value is -4.41. The maximum atomic E-state index is 13.3. The van der Waals surface area contributed by atoms with Gasteiger partial charge in [-0.15, -0.1) is 0 Å². The number of rotatable bonds is 33. The van der Waals surface area contributed by atoms with Crippen LogP contribution in [-0.4, -0.2) is 518 Å². The zero-order valence-electron chi connectivity index (χ0n) is 64.0. The van der Waals surface area contributed by atoms with Crippen molar-refractivity contribution in [3.63, 3.8) is 0 Å². The molecule has 0 aromatic rings. The molecule has 9 aliphatic heterocycles. The number of ether oxygens (including phenoxy) is 17. The van der Waals surface area contributed by atoms with Gasteiger partial charge in [-0.3, -0.25) is 14.4 Å². The molecule has 0 saturated carbocycles. The van der Waals surface area contributed by atoms with Crippen molar-refractivity contribution in [1.82, 2.24) is 16.0 Å². The van der Waals surface area contributed by atoms with Gasteiger partial charge in [0.05, 0.1) is 83.3 Å². The molecule has 9 rings (SSSR count). The van der Waals surface area contributed by atoms with E-state index in [2.05, 4.69) is 16.0 Å². The van der Waals surface area contributed by atoms with Gasteiger partial charge >= 0.3 is 11.9 Å². The van der Waals surface area contributed by atoms with Crippen molar-refractivity contribution >= 4 is 29.7 Å². The second-order valence-corrected chi connectivity index (χ2v) is 30.3. The van der Waals surface area contributed by atoms with E-state index in [1.165, 1.54) is 6.92 Å². The van der Waals surface area contributed by atoms with Crippen LogP contribution in [0.5, 0.6) is 0 Å². The Morgan fingerprint density at radius 3 is 1.24 bits per heavy atom. The first-order valence-electron chi connectivity index (χ1n) is 37.8. The summed E-state index contributed by atoms with van der Waals surface area (Å²) in [7, 11) is 0. The summed E-state index contributed by atoms with van der Waals surface area (Å²) in [4.78, 5) is 63.7. The lowest BCUT2D eigenvalue weighted by atomic mass is 9.88. The highest BCUT2D eigenvalue weighted by Crippen LogP contribution is 2.43. The molecular formula is C66H109N3O51. The van der Waals surface area contributed by atoms with Crippen LogP contribution in [-0.2, 0) is 104 Å². The molecule has 9 fully saturated rings. The van der Waals surface area contributed by atoms with Gasteiger partial charge in [-0.05, 0) is 6.92 Å². The molecule has 9 aliphatic rings. The number of hydrogen-bond acceptors (Lipinski definition) is 49. The van der Waals surface area contributed by atoms with Crippen LogP contribution in [0.25, 0.3) is 0 Å². The molecule has 54 nitrogen and oxygen atoms in total. The van der Waals surface area contributed by atoms with Gasteiger partial charge in [0.15, 0.2) is 44.0 Å². The summed E-state index contributed by atoms with van der Waals surface area (Å²) >= 11 is 0. The Kier molecular flexibility index (Phi) is 34.8. The van der Waals surface area contributed by atoms with Crippen LogP contribution >= 0.6 is 0 Å². The van der Waals surface area contributed by atoms with E-state index in [1.54, 1.807) is 0 Å². The standard InChI is InChI=1S/C66H109N3O51/c1-15-32(83)39(90)43(94)58(106-15)117-55-47(98)62(110-26(12-75)50(55)115-61-46(97)54(36(87)23(9-72)108-61)120-66(64(102)103)6-20(80)30(68-17(3)77)52(119-66)34(85)22(82)8-71)116-53-37(88)27(111-60(45(53)96)114-49-24(10-73)107-56(99)42(93)41(49)92)13-104-57-31(69-18(4)78)38(89)48(25(11-74)109-57)113-59-44(95)40(91)35(86)28(112-59)14-105-65(63(100)101)5-19(79)29(67-16(2)76)51(118-65)33(84)21(81)7-70/h15,19-62,70-75,79-99H,5-14H2,1-4H3,(H,67,76)(H,68,77)(H,69,78)(H,100,101)(H,102,103)/t15-,19+,20+,21-,22-,23-,24-,25-,26-,27-,28-,29-,30-,31-,32+,33-,34-,35+,36+,37+,38-,39+,40+,41-,42-,43-,44-,45-,46-,47-,48-,49+,50-,51-,52-,53+,54+,55-,56-,57-,58-,59+,60+,61+,62+,65+,66-/m1/s1. The third-order valence-electron chi connectivity index (χ3n) is 21.9. The van der Waals surface area contributed by atoms with E-state index in [1.807, 2.05) is 0 Å². The van der Waals surface area contributed by atoms with Crippen molar-refractivity contribution in [2.45, 2.75) is 328 Å². The van der Waals surface area contributed by atoms with Crippen molar-refractivity contribution in [3.8, 4) is 0 Å². The molecule has 0 aromatic carbocycles. The minimum absolute atomic E-state index is 0.840. The average Bonchev–Trinajstić information content (AvgIpc) is 0.768. The monoisotopic (exact) mass is 1760 g/mol. The maximum Gasteiger partial charge on any atom is 0.364 e. The third kappa shape index (κ3) is 21.4. The van der Waals surface area contributed by atoms with Gasteiger partial charge in [-0.25, -0.2) is 9.59 Å². The SMILES string of the molecule is CC(=O)N[C@H]1[C@H](OC[C@H]2O[C@@H](O[C@@H]3[C@H](O)[C@@H](O)[C@H](O)O[C@@H]3CO)[C@H](O)[C@@H](O[C@@H]3O[C@H](CO)[C@@H](O[C@@H]4O[C@H](CO)[C@H](O)[C@H](O[C@@]5(C(=O)O)C[C@H](O)[C@@H](NC(C)=O)[C@H]([C@H](O)[C@H](O)CO)O5)[C@H]4O)[C@H](O[C@H]4O[C@H](C)[C@H](O)[C@H](O)[C@H]4O)[C@H]3O)[C@H]2O)O[C@H](CO)[C@@H](O[C@@H]2O[C@H](CO[C@@]3(C(=O)O)C[C@H](O)[C@@H](NC(C)=O)[C@H]([C@H](O)[C@H](O)CO)O3)[C@H](O)[C@H](O)[C@H]2O)[C@@H]1O. The van der Waals surface area contributed by atoms with E-state index in [0.717, 1.165) is 20.8 Å². The number of aliphatic hydroxyl groups excluding tert-OH is 27. The van der Waals surface area contributed by atoms with Crippen molar-refractivity contribution < 1.29 is 253 Å². The van der Waals surface area contributed by atoms with Gasteiger partial charge in [0.1, 0.15) is 201 Å². The molecule has 0 unspecified atom stereocenters. The lowest BCUT2D eigenvalue weighted by Crippen LogP contribution is -2.71. The first kappa shape index (κ1) is 99.4. The molecule has 0 aliphatic carbocycles. The van der Waals surface area contributed by atoms with Crippen LogP contribution in [0.1, 0.15) is 40.5 Å². The van der Waals surface area contributed by atoms with E-state index in [-0.39, 0.29) is 0 Å². The zero-order valence-corrected chi connectivity index (χ0v) is 64.0. The van der Waals surface area contributed by atoms with Crippen LogP contribution in [0.3, 0.4) is 0 Å². The fraction of sp³-hybridized carbons (Fsp3) is 0.924. The van der Waals surface area contributed by atoms with Gasteiger partial charge in [-0.1, -0.05) is 0 Å². The third-order valence-corrected chi connectivity index (χ3v) is 21.9. The number of hydrogen-bond donors (Lipinski definition) is 32. The molecule has 0 aromatic heterocycles. The molecule has 0 bridgehead atoms. The summed E-state index contributed by atoms with van der Waals surface area (Å²) in [5, 5.41) is 328. The lowest BCUT2D eigenvalue weighted by Gasteiger charge is -2.52. The fourth-order valence-electron chi connectivity index (χ4n) is 15.3. The van der Waals surface area contributed by atoms with E-state index < -0.39 is 383 Å². The highest BCUT2D eigenvalue weighted by Gasteiger charge is 2.64. The largest absolute Gasteiger partial charge is 0.477 e. The van der Waals surface area contributed by atoms with Gasteiger partial charge in [-0.2, -0.15) is 0 Å². The highest BCUT2D eigenvalue weighted by atomic mass is 16.8. The molecule has 54 heteroatoms. The first-order valence-corrected chi connectivity index (χ1v) is 37.8. The Labute approximate surface area is 677 Å². The number of aliphatic carboxylic acids is 2. The van der Waals surface area contributed by atoms with Gasteiger partial charge in [0.25, 0.3) is 11.6 Å². The van der Waals surface area contributed by atoms with Crippen LogP contribution in [0.2, 0.25) is 0 Å². The van der Waals surface area contributed by atoms with E-state index >= 15 is 0 Å². The molecule has 9 saturated heterocycles. The maximum absolute atomic E-state index is 13.3. The van der Waals surface area contributed by atoms with Gasteiger partial charge < -0.3 is 245 Å². The van der Waals surface area contributed by atoms with E-state index in [4.69, 9.17) is 80.5 Å². The Balaban J connectivity index is 0.993. The van der Waals surface area contributed by atoms with Gasteiger partial charge in [0, 0.05) is 33.6 Å². The molecule has 32 N–H and O–H groups in total. The Morgan fingerprint density at radius 1 is 0.367 bits per heavy atom. The number of amides is 3. The van der Waals surface area contributed by atoms with Gasteiger partial charge in [0.2, 0.25) is 17.7 Å². The van der Waals surface area contributed by atoms with Crippen molar-refractivity contribution in [2.75, 3.05) is 52.9 Å². The summed E-state index contributed by atoms with van der Waals surface area (Å²) < 4.78 is 98.9. The summed E-state index contributed by atoms with van der Waals surface area (Å²) in [6.07, 6.45) is -95.9. The number of carbonyl (C=O) groups is 5. The molecule has 47 atom stereocenters. The number of nitrogens with one attached hydrogen (secondary N) is 3. The fourth-order valence-corrected chi connectivity index (χ4v) is 15.3. The van der Waals surface area contributed by atoms with Crippen LogP contribution < -0.4 is 16.0 Å². The minimum atomic E-state index is -3.36. The Morgan fingerprint density at radius 2 is 0.742 bits per heavy atom. The topological polar surface area (TPSA) is 865 Å². The molecule has 0 spiro atoms. The summed E-state index contributed by atoms with van der Waals surface area (Å²) in [6.45, 7) is -5.80. The predicted molar refractivity (Wildman–Crippen MR) is 365 cm³/mol. The van der Waals surface area contributed by atoms with E-state index in [9.17, 15) is 172 Å². The second kappa shape index (κ2) is 42.0. The van der Waals surface area contributed by atoms with Crippen molar-refractivity contribution in [2.24, 2.45) is 0 Å². The van der Waals surface area contributed by atoms with E-state index in [0.29, 0.717) is 0 Å². The number of carbonyl (C=O) groups excluding carboxylic acids is 3. The number of carboxylic acids is 2. The van der Waals surface area contributed by atoms with Crippen LogP contribution in [0.4, 0.5) is 0 Å². The molecule has 120 heavy (non-hydrogen) atoms. The molecule has 694 valence electrons. The quantitative estimate of drug-likeness (QED) is 0.0290. The number of aliphatic hydroxyl groups is 27. The lowest BCUT2D eigenvalue weighted by molar-refractivity contribution is -0.409. The predicted octanol–water partition coefficient (Wildman–Crippen LogP) is -20.8. The van der Waals surface area contributed by atoms with Crippen molar-refractivity contribution in [3.05, 3.63) is 0 Å². The minimum Gasteiger partial charge on any atom is -0.477 e. The highest BCUT2D eigenvalue weighted by molar-refractivity contribution is 5.77. The molecular weight excluding hydrogens is 1650 g/mol. The Bertz CT molecular complexity index is 3300.